The summed E-state index contributed by atoms with van der Waals surface area (Å²) in [5.41, 5.74) is 2.50. The summed E-state index contributed by atoms with van der Waals surface area (Å²) in [6.07, 6.45) is 1.64. The molecule has 1 aromatic carbocycles. The molecule has 2 atom stereocenters. The summed E-state index contributed by atoms with van der Waals surface area (Å²) in [5.74, 6) is -1.05. The van der Waals surface area contributed by atoms with E-state index in [4.69, 9.17) is 9.94 Å². The van der Waals surface area contributed by atoms with Crippen LogP contribution in [0.2, 0.25) is 0 Å². The second-order valence-electron chi connectivity index (χ2n) is 4.47. The molecule has 106 valence electrons. The molecule has 0 aromatic heterocycles. The highest BCUT2D eigenvalue weighted by Crippen LogP contribution is 2.27. The first kappa shape index (κ1) is 15.6. The molecule has 0 saturated heterocycles. The largest absolute Gasteiger partial charge is 0.377 e. The molecule has 1 amide bonds. The summed E-state index contributed by atoms with van der Waals surface area (Å²) in [6.45, 7) is 1.97. The van der Waals surface area contributed by atoms with Crippen molar-refractivity contribution in [2.75, 3.05) is 7.11 Å². The van der Waals surface area contributed by atoms with Crippen molar-refractivity contribution in [3.05, 3.63) is 35.6 Å². The van der Waals surface area contributed by atoms with E-state index in [1.807, 2.05) is 6.92 Å². The standard InChI is InChI=1S/C14H20FNO3/c1-3-4-11(14(17)16-18)9-13(19-2)10-5-7-12(15)8-6-10/h5-8,11,13,18H,3-4,9H2,1-2H3,(H,16,17)/t11-,13+/m0/s1. The van der Waals surface area contributed by atoms with Gasteiger partial charge in [0.1, 0.15) is 5.82 Å². The van der Waals surface area contributed by atoms with Gasteiger partial charge in [-0.2, -0.15) is 0 Å². The third-order valence-electron chi connectivity index (χ3n) is 3.14. The number of methoxy groups -OCH3 is 1. The molecule has 4 nitrogen and oxygen atoms in total. The van der Waals surface area contributed by atoms with Crippen molar-refractivity contribution >= 4 is 5.91 Å². The van der Waals surface area contributed by atoms with Gasteiger partial charge in [-0.1, -0.05) is 25.5 Å². The number of hydrogen-bond donors (Lipinski definition) is 2. The van der Waals surface area contributed by atoms with E-state index in [0.717, 1.165) is 12.0 Å². The van der Waals surface area contributed by atoms with Gasteiger partial charge in [-0.3, -0.25) is 10.0 Å². The number of nitrogens with one attached hydrogen (secondary N) is 1. The molecule has 0 aliphatic heterocycles. The minimum absolute atomic E-state index is 0.297. The Morgan fingerprint density at radius 2 is 2.05 bits per heavy atom. The van der Waals surface area contributed by atoms with Crippen molar-refractivity contribution in [2.24, 2.45) is 5.92 Å². The molecule has 0 fully saturated rings. The van der Waals surface area contributed by atoms with Crippen LogP contribution in [0.25, 0.3) is 0 Å². The highest BCUT2D eigenvalue weighted by Gasteiger charge is 2.23. The van der Waals surface area contributed by atoms with E-state index < -0.39 is 5.91 Å². The summed E-state index contributed by atoms with van der Waals surface area (Å²) in [7, 11) is 1.55. The third kappa shape index (κ3) is 4.61. The van der Waals surface area contributed by atoms with Crippen molar-refractivity contribution in [1.82, 2.24) is 5.48 Å². The van der Waals surface area contributed by atoms with E-state index in [1.54, 1.807) is 24.7 Å². The zero-order valence-electron chi connectivity index (χ0n) is 11.2. The predicted octanol–water partition coefficient (Wildman–Crippen LogP) is 2.83. The van der Waals surface area contributed by atoms with Crippen LogP contribution in [0.1, 0.15) is 37.9 Å². The fourth-order valence-corrected chi connectivity index (χ4v) is 2.10. The van der Waals surface area contributed by atoms with Crippen molar-refractivity contribution in [1.29, 1.82) is 0 Å². The average molecular weight is 269 g/mol. The smallest absolute Gasteiger partial charge is 0.246 e. The Hall–Kier alpha value is -1.46. The topological polar surface area (TPSA) is 58.6 Å². The predicted molar refractivity (Wildman–Crippen MR) is 69.1 cm³/mol. The second kappa shape index (κ2) is 7.86. The van der Waals surface area contributed by atoms with Crippen LogP contribution in [0.5, 0.6) is 0 Å². The number of rotatable bonds is 7. The molecule has 19 heavy (non-hydrogen) atoms. The Bertz CT molecular complexity index is 394. The van der Waals surface area contributed by atoms with Gasteiger partial charge in [-0.15, -0.1) is 0 Å². The van der Waals surface area contributed by atoms with E-state index >= 15 is 0 Å². The molecule has 0 spiro atoms. The van der Waals surface area contributed by atoms with Gasteiger partial charge in [0.25, 0.3) is 0 Å². The number of hydrogen-bond acceptors (Lipinski definition) is 3. The summed E-state index contributed by atoms with van der Waals surface area (Å²) in [4.78, 5) is 11.6. The van der Waals surface area contributed by atoms with Gasteiger partial charge in [-0.05, 0) is 30.5 Å². The van der Waals surface area contributed by atoms with Gasteiger partial charge in [0, 0.05) is 13.0 Å². The first-order chi connectivity index (χ1) is 9.12. The van der Waals surface area contributed by atoms with Crippen LogP contribution >= 0.6 is 0 Å². The minimum atomic E-state index is -0.411. The molecule has 0 unspecified atom stereocenters. The molecule has 0 radical (unpaired) electrons. The molecule has 0 saturated carbocycles. The molecule has 0 aliphatic rings. The van der Waals surface area contributed by atoms with Crippen molar-refractivity contribution < 1.29 is 19.1 Å². The van der Waals surface area contributed by atoms with E-state index in [2.05, 4.69) is 0 Å². The summed E-state index contributed by atoms with van der Waals surface area (Å²) in [6, 6.07) is 6.01. The quantitative estimate of drug-likeness (QED) is 0.591. The molecular formula is C14H20FNO3. The number of carbonyl (C=O) groups is 1. The number of halogens is 1. The fraction of sp³-hybridized carbons (Fsp3) is 0.500. The molecule has 2 N–H and O–H groups in total. The molecule has 5 heteroatoms. The van der Waals surface area contributed by atoms with Crippen LogP contribution in [0.4, 0.5) is 4.39 Å². The zero-order chi connectivity index (χ0) is 14.3. The van der Waals surface area contributed by atoms with E-state index in [9.17, 15) is 9.18 Å². The SMILES string of the molecule is CCC[C@@H](C[C@@H](OC)c1ccc(F)cc1)C(=O)NO. The first-order valence-corrected chi connectivity index (χ1v) is 6.34. The van der Waals surface area contributed by atoms with Crippen LogP contribution in [0.3, 0.4) is 0 Å². The number of hydroxylamine groups is 1. The fourth-order valence-electron chi connectivity index (χ4n) is 2.10. The number of carbonyl (C=O) groups excluding carboxylic acids is 1. The lowest BCUT2D eigenvalue weighted by atomic mass is 9.92. The highest BCUT2D eigenvalue weighted by molar-refractivity contribution is 5.77. The average Bonchev–Trinajstić information content (AvgIpc) is 2.43. The van der Waals surface area contributed by atoms with E-state index in [0.29, 0.717) is 12.8 Å². The van der Waals surface area contributed by atoms with E-state index in [-0.39, 0.29) is 17.8 Å². The highest BCUT2D eigenvalue weighted by atomic mass is 19.1. The number of amides is 1. The van der Waals surface area contributed by atoms with Crippen molar-refractivity contribution in [2.45, 2.75) is 32.3 Å². The van der Waals surface area contributed by atoms with Gasteiger partial charge in [0.05, 0.1) is 6.10 Å². The monoisotopic (exact) mass is 269 g/mol. The maximum atomic E-state index is 12.9. The van der Waals surface area contributed by atoms with Crippen LogP contribution < -0.4 is 5.48 Å². The zero-order valence-corrected chi connectivity index (χ0v) is 11.2. The van der Waals surface area contributed by atoms with Crippen molar-refractivity contribution in [3.63, 3.8) is 0 Å². The molecule has 1 aromatic rings. The van der Waals surface area contributed by atoms with E-state index in [1.165, 1.54) is 12.1 Å². The maximum Gasteiger partial charge on any atom is 0.246 e. The van der Waals surface area contributed by atoms with Gasteiger partial charge in [-0.25, -0.2) is 9.87 Å². The maximum absolute atomic E-state index is 12.9. The molecule has 0 aliphatic carbocycles. The summed E-state index contributed by atoms with van der Waals surface area (Å²) in [5, 5.41) is 8.73. The normalized spacial score (nSPS) is 13.9. The van der Waals surface area contributed by atoms with Gasteiger partial charge < -0.3 is 4.74 Å². The van der Waals surface area contributed by atoms with Crippen LogP contribution in [0.15, 0.2) is 24.3 Å². The minimum Gasteiger partial charge on any atom is -0.377 e. The lowest BCUT2D eigenvalue weighted by Crippen LogP contribution is -2.29. The lowest BCUT2D eigenvalue weighted by molar-refractivity contribution is -0.135. The second-order valence-corrected chi connectivity index (χ2v) is 4.47. The number of ether oxygens (including phenoxy) is 1. The Morgan fingerprint density at radius 1 is 1.42 bits per heavy atom. The van der Waals surface area contributed by atoms with Crippen LogP contribution in [-0.2, 0) is 9.53 Å². The van der Waals surface area contributed by atoms with Crippen molar-refractivity contribution in [3.8, 4) is 0 Å². The number of benzene rings is 1. The Kier molecular flexibility index (Phi) is 6.45. The summed E-state index contributed by atoms with van der Waals surface area (Å²) < 4.78 is 18.2. The molecule has 1 rings (SSSR count). The van der Waals surface area contributed by atoms with Crippen LogP contribution in [0, 0.1) is 11.7 Å². The van der Waals surface area contributed by atoms with Crippen LogP contribution in [-0.4, -0.2) is 18.2 Å². The van der Waals surface area contributed by atoms with Gasteiger partial charge in [0.2, 0.25) is 5.91 Å². The molecule has 0 heterocycles. The van der Waals surface area contributed by atoms with Gasteiger partial charge >= 0.3 is 0 Å². The Morgan fingerprint density at radius 3 is 2.53 bits per heavy atom. The Labute approximate surface area is 112 Å². The summed E-state index contributed by atoms with van der Waals surface area (Å²) >= 11 is 0. The molecular weight excluding hydrogens is 249 g/mol. The first-order valence-electron chi connectivity index (χ1n) is 6.34. The Balaban J connectivity index is 2.78. The van der Waals surface area contributed by atoms with Gasteiger partial charge in [0.15, 0.2) is 0 Å². The molecule has 0 bridgehead atoms. The lowest BCUT2D eigenvalue weighted by Gasteiger charge is -2.21. The third-order valence-corrected chi connectivity index (χ3v) is 3.14.